The van der Waals surface area contributed by atoms with Gasteiger partial charge in [-0.05, 0) is 87.0 Å². The first-order chi connectivity index (χ1) is 21.1. The van der Waals surface area contributed by atoms with Gasteiger partial charge in [-0.2, -0.15) is 0 Å². The number of benzene rings is 3. The molecule has 44 heavy (non-hydrogen) atoms. The molecule has 0 radical (unpaired) electrons. The van der Waals surface area contributed by atoms with Crippen LogP contribution in [0.25, 0.3) is 0 Å². The summed E-state index contributed by atoms with van der Waals surface area (Å²) in [4.78, 5) is 30.2. The molecule has 0 spiro atoms. The van der Waals surface area contributed by atoms with Crippen LogP contribution in [0, 0.1) is 0 Å². The van der Waals surface area contributed by atoms with Gasteiger partial charge in [0.25, 0.3) is 10.0 Å². The molecule has 0 fully saturated rings. The maximum atomic E-state index is 14.4. The van der Waals surface area contributed by atoms with Gasteiger partial charge in [-0.15, -0.1) is 11.8 Å². The second kappa shape index (κ2) is 16.4. The molecule has 0 saturated heterocycles. The lowest BCUT2D eigenvalue weighted by Gasteiger charge is -2.34. The van der Waals surface area contributed by atoms with Crippen molar-refractivity contribution in [2.45, 2.75) is 69.0 Å². The third kappa shape index (κ3) is 8.69. The zero-order valence-corrected chi connectivity index (χ0v) is 27.9. The molecule has 0 aromatic heterocycles. The highest BCUT2D eigenvalue weighted by Gasteiger charge is 2.35. The molecule has 9 nitrogen and oxygen atoms in total. The van der Waals surface area contributed by atoms with Crippen LogP contribution in [0.5, 0.6) is 11.5 Å². The number of carbonyl (C=O) groups excluding carboxylic acids is 2. The first-order valence-electron chi connectivity index (χ1n) is 14.7. The molecular formula is C33H43N3O6S2. The van der Waals surface area contributed by atoms with Crippen LogP contribution in [0.3, 0.4) is 0 Å². The Hall–Kier alpha value is -3.70. The number of hydrogen-bond acceptors (Lipinski definition) is 7. The van der Waals surface area contributed by atoms with E-state index in [1.807, 2.05) is 39.2 Å². The third-order valence-electron chi connectivity index (χ3n) is 7.23. The number of ether oxygens (including phenoxy) is 2. The van der Waals surface area contributed by atoms with E-state index in [-0.39, 0.29) is 29.1 Å². The number of nitrogens with zero attached hydrogens (tertiary/aromatic N) is 2. The van der Waals surface area contributed by atoms with Crippen molar-refractivity contribution in [2.24, 2.45) is 0 Å². The Labute approximate surface area is 266 Å². The Bertz CT molecular complexity index is 1500. The van der Waals surface area contributed by atoms with E-state index in [1.165, 1.54) is 28.8 Å². The molecule has 2 atom stereocenters. The zero-order valence-electron chi connectivity index (χ0n) is 26.3. The fourth-order valence-corrected chi connectivity index (χ4v) is 6.49. The fourth-order valence-electron chi connectivity index (χ4n) is 4.66. The first-order valence-corrected chi connectivity index (χ1v) is 17.4. The topological polar surface area (TPSA) is 105 Å². The summed E-state index contributed by atoms with van der Waals surface area (Å²) in [5.74, 6) is 0.105. The smallest absolute Gasteiger partial charge is 0.264 e. The summed E-state index contributed by atoms with van der Waals surface area (Å²) < 4.78 is 40.7. The lowest BCUT2D eigenvalue weighted by atomic mass is 10.1. The molecule has 3 rings (SSSR count). The van der Waals surface area contributed by atoms with E-state index >= 15 is 0 Å². The first kappa shape index (κ1) is 34.8. The van der Waals surface area contributed by atoms with Gasteiger partial charge < -0.3 is 19.7 Å². The minimum absolute atomic E-state index is 0.0373. The van der Waals surface area contributed by atoms with Crippen LogP contribution in [-0.4, -0.2) is 63.7 Å². The zero-order chi connectivity index (χ0) is 32.3. The summed E-state index contributed by atoms with van der Waals surface area (Å²) in [6, 6.07) is 19.6. The maximum absolute atomic E-state index is 14.4. The Kier molecular flexibility index (Phi) is 13.0. The Morgan fingerprint density at radius 1 is 0.955 bits per heavy atom. The van der Waals surface area contributed by atoms with Crippen LogP contribution in [0.2, 0.25) is 0 Å². The molecular weight excluding hydrogens is 599 g/mol. The summed E-state index contributed by atoms with van der Waals surface area (Å²) in [6.07, 6.45) is 2.96. The van der Waals surface area contributed by atoms with Crippen molar-refractivity contribution in [1.29, 1.82) is 0 Å². The van der Waals surface area contributed by atoms with Crippen LogP contribution in [0.1, 0.15) is 46.1 Å². The molecule has 0 heterocycles. The quantitative estimate of drug-likeness (QED) is 0.199. The van der Waals surface area contributed by atoms with E-state index in [4.69, 9.17) is 9.47 Å². The molecule has 3 aromatic carbocycles. The van der Waals surface area contributed by atoms with Crippen molar-refractivity contribution >= 4 is 39.3 Å². The SMILES string of the molecule is CCOc1ccccc1N(CC(=O)N(Cc1cccc(OC)c1)[C@@H](CC)C(=O)N[C@H](C)CC)S(=O)(=O)c1ccc(SC)cc1. The predicted molar refractivity (Wildman–Crippen MR) is 176 cm³/mol. The highest BCUT2D eigenvalue weighted by molar-refractivity contribution is 7.98. The minimum atomic E-state index is -4.23. The number of nitrogens with one attached hydrogen (secondary N) is 1. The van der Waals surface area contributed by atoms with Gasteiger partial charge in [0.1, 0.15) is 24.1 Å². The van der Waals surface area contributed by atoms with Gasteiger partial charge in [-0.1, -0.05) is 38.1 Å². The van der Waals surface area contributed by atoms with Crippen molar-refractivity contribution in [3.8, 4) is 11.5 Å². The monoisotopic (exact) mass is 641 g/mol. The fraction of sp³-hybridized carbons (Fsp3) is 0.394. The molecule has 11 heteroatoms. The van der Waals surface area contributed by atoms with Crippen molar-refractivity contribution in [2.75, 3.05) is 30.8 Å². The summed E-state index contributed by atoms with van der Waals surface area (Å²) in [6.45, 7) is 7.34. The number of amides is 2. The molecule has 0 aliphatic rings. The van der Waals surface area contributed by atoms with Crippen molar-refractivity contribution in [3.05, 3.63) is 78.4 Å². The van der Waals surface area contributed by atoms with Gasteiger partial charge in [0, 0.05) is 17.5 Å². The Morgan fingerprint density at radius 3 is 2.27 bits per heavy atom. The Balaban J connectivity index is 2.12. The molecule has 0 aliphatic carbocycles. The van der Waals surface area contributed by atoms with Crippen LogP contribution >= 0.6 is 11.8 Å². The van der Waals surface area contributed by atoms with Crippen LogP contribution < -0.4 is 19.1 Å². The van der Waals surface area contributed by atoms with E-state index in [9.17, 15) is 18.0 Å². The second-order valence-corrected chi connectivity index (χ2v) is 12.9. The van der Waals surface area contributed by atoms with E-state index < -0.39 is 28.5 Å². The summed E-state index contributed by atoms with van der Waals surface area (Å²) >= 11 is 1.50. The normalized spacial score (nSPS) is 12.6. The average Bonchev–Trinajstić information content (AvgIpc) is 3.03. The number of para-hydroxylation sites is 2. The molecule has 1 N–H and O–H groups in total. The number of thioether (sulfide) groups is 1. The second-order valence-electron chi connectivity index (χ2n) is 10.2. The minimum Gasteiger partial charge on any atom is -0.497 e. The van der Waals surface area contributed by atoms with Crippen molar-refractivity contribution < 1.29 is 27.5 Å². The van der Waals surface area contributed by atoms with Gasteiger partial charge in [-0.25, -0.2) is 8.42 Å². The number of hydrogen-bond donors (Lipinski definition) is 1. The number of methoxy groups -OCH3 is 1. The molecule has 238 valence electrons. The van der Waals surface area contributed by atoms with Crippen LogP contribution in [0.4, 0.5) is 5.69 Å². The largest absolute Gasteiger partial charge is 0.497 e. The molecule has 0 unspecified atom stereocenters. The summed E-state index contributed by atoms with van der Waals surface area (Å²) in [5.41, 5.74) is 0.972. The summed E-state index contributed by atoms with van der Waals surface area (Å²) in [5, 5.41) is 2.99. The van der Waals surface area contributed by atoms with Gasteiger partial charge >= 0.3 is 0 Å². The van der Waals surface area contributed by atoms with Crippen molar-refractivity contribution in [3.63, 3.8) is 0 Å². The molecule has 0 bridgehead atoms. The predicted octanol–water partition coefficient (Wildman–Crippen LogP) is 5.73. The number of sulfonamides is 1. The lowest BCUT2D eigenvalue weighted by Crippen LogP contribution is -2.53. The maximum Gasteiger partial charge on any atom is 0.264 e. The number of anilines is 1. The highest BCUT2D eigenvalue weighted by Crippen LogP contribution is 2.33. The molecule has 0 saturated carbocycles. The Morgan fingerprint density at radius 2 is 1.66 bits per heavy atom. The van der Waals surface area contributed by atoms with E-state index in [0.717, 1.165) is 21.2 Å². The van der Waals surface area contributed by atoms with Crippen LogP contribution in [0.15, 0.2) is 82.6 Å². The van der Waals surface area contributed by atoms with Gasteiger partial charge in [0.15, 0.2) is 0 Å². The van der Waals surface area contributed by atoms with Crippen LogP contribution in [-0.2, 0) is 26.2 Å². The number of carbonyl (C=O) groups is 2. The molecule has 2 amide bonds. The average molecular weight is 642 g/mol. The standard InChI is InChI=1S/C33H43N3O6S2/c1-7-24(4)34-33(38)29(8-2)35(22-25-13-12-14-26(21-25)41-5)32(37)23-36(30-15-10-11-16-31(30)42-9-3)44(39,40)28-19-17-27(43-6)18-20-28/h10-21,24,29H,7-9,22-23H2,1-6H3,(H,34,38)/t24-,29+/m1/s1. The van der Waals surface area contributed by atoms with Crippen molar-refractivity contribution in [1.82, 2.24) is 10.2 Å². The highest BCUT2D eigenvalue weighted by atomic mass is 32.2. The molecule has 3 aromatic rings. The molecule has 0 aliphatic heterocycles. The van der Waals surface area contributed by atoms with Gasteiger partial charge in [0.2, 0.25) is 11.8 Å². The van der Waals surface area contributed by atoms with Gasteiger partial charge in [-0.3, -0.25) is 13.9 Å². The van der Waals surface area contributed by atoms with E-state index in [0.29, 0.717) is 24.5 Å². The summed E-state index contributed by atoms with van der Waals surface area (Å²) in [7, 11) is -2.68. The van der Waals surface area contributed by atoms with Gasteiger partial charge in [0.05, 0.1) is 24.3 Å². The third-order valence-corrected chi connectivity index (χ3v) is 9.75. The lowest BCUT2D eigenvalue weighted by molar-refractivity contribution is -0.140. The van der Waals surface area contributed by atoms with E-state index in [1.54, 1.807) is 62.6 Å². The van der Waals surface area contributed by atoms with E-state index in [2.05, 4.69) is 5.32 Å². The number of rotatable bonds is 16.